The fourth-order valence-electron chi connectivity index (χ4n) is 4.44. The van der Waals surface area contributed by atoms with Crippen molar-refractivity contribution in [2.75, 3.05) is 6.54 Å². The van der Waals surface area contributed by atoms with Gasteiger partial charge in [0, 0.05) is 18.5 Å². The Morgan fingerprint density at radius 1 is 0.958 bits per heavy atom. The number of aryl methyl sites for hydroxylation is 1. The highest BCUT2D eigenvalue weighted by atomic mass is 32.2. The molecule has 0 N–H and O–H groups in total. The van der Waals surface area contributed by atoms with Crippen molar-refractivity contribution in [1.29, 1.82) is 0 Å². The number of hydrogen-bond acceptors (Lipinski definition) is 2. The van der Waals surface area contributed by atoms with Crippen molar-refractivity contribution in [3.05, 3.63) is 65.7 Å². The van der Waals surface area contributed by atoms with Crippen molar-refractivity contribution in [2.24, 2.45) is 5.92 Å². The number of nitrogens with zero attached hydrogens (tertiary/aromatic N) is 1. The normalized spacial score (nSPS) is 27.3. The van der Waals surface area contributed by atoms with Crippen LogP contribution in [-0.2, 0) is 10.0 Å². The molecular weight excluding hydrogens is 318 g/mol. The number of sulfonamides is 1. The summed E-state index contributed by atoms with van der Waals surface area (Å²) < 4.78 is 28.2. The van der Waals surface area contributed by atoms with Gasteiger partial charge in [0.2, 0.25) is 10.0 Å². The quantitative estimate of drug-likeness (QED) is 0.847. The van der Waals surface area contributed by atoms with Crippen molar-refractivity contribution in [2.45, 2.75) is 43.0 Å². The Balaban J connectivity index is 1.69. The predicted octanol–water partition coefficient (Wildman–Crippen LogP) is 3.95. The van der Waals surface area contributed by atoms with Crippen LogP contribution < -0.4 is 0 Å². The smallest absolute Gasteiger partial charge is 0.207 e. The van der Waals surface area contributed by atoms with Gasteiger partial charge in [0.15, 0.2) is 0 Å². The Morgan fingerprint density at radius 3 is 2.38 bits per heavy atom. The summed E-state index contributed by atoms with van der Waals surface area (Å²) in [5.41, 5.74) is 2.35. The lowest BCUT2D eigenvalue weighted by Crippen LogP contribution is -2.36. The first-order chi connectivity index (χ1) is 11.6. The molecule has 1 saturated carbocycles. The molecule has 3 nitrogen and oxygen atoms in total. The van der Waals surface area contributed by atoms with Crippen LogP contribution in [0.5, 0.6) is 0 Å². The number of fused-ring (bicyclic) bond motifs is 1. The van der Waals surface area contributed by atoms with Crippen LogP contribution >= 0.6 is 0 Å². The van der Waals surface area contributed by atoms with E-state index in [0.29, 0.717) is 23.3 Å². The van der Waals surface area contributed by atoms with Gasteiger partial charge in [0.05, 0.1) is 4.90 Å². The monoisotopic (exact) mass is 341 g/mol. The minimum Gasteiger partial charge on any atom is -0.207 e. The van der Waals surface area contributed by atoms with Gasteiger partial charge in [0.1, 0.15) is 0 Å². The zero-order valence-electron chi connectivity index (χ0n) is 13.9. The molecule has 4 heteroatoms. The predicted molar refractivity (Wildman–Crippen MR) is 95.4 cm³/mol. The van der Waals surface area contributed by atoms with E-state index in [1.165, 1.54) is 5.56 Å². The molecule has 0 aromatic heterocycles. The van der Waals surface area contributed by atoms with E-state index in [1.807, 2.05) is 25.1 Å². The molecule has 4 rings (SSSR count). The molecule has 0 spiro atoms. The maximum absolute atomic E-state index is 13.2. The molecule has 1 aliphatic heterocycles. The lowest BCUT2D eigenvalue weighted by Gasteiger charge is -2.23. The zero-order chi connectivity index (χ0) is 16.7. The third-order valence-electron chi connectivity index (χ3n) is 5.65. The molecule has 2 aromatic rings. The molecule has 0 unspecified atom stereocenters. The van der Waals surface area contributed by atoms with Crippen LogP contribution in [0.3, 0.4) is 0 Å². The molecule has 3 atom stereocenters. The summed E-state index contributed by atoms with van der Waals surface area (Å²) in [4.78, 5) is 0.424. The number of rotatable bonds is 3. The van der Waals surface area contributed by atoms with Gasteiger partial charge in [-0.1, -0.05) is 54.4 Å². The number of hydrogen-bond donors (Lipinski definition) is 0. The van der Waals surface area contributed by atoms with Gasteiger partial charge in [-0.05, 0) is 43.4 Å². The molecule has 1 heterocycles. The first kappa shape index (κ1) is 15.9. The maximum atomic E-state index is 13.2. The fourth-order valence-corrected chi connectivity index (χ4v) is 6.16. The van der Waals surface area contributed by atoms with Gasteiger partial charge in [-0.25, -0.2) is 8.42 Å². The average molecular weight is 341 g/mol. The first-order valence-electron chi connectivity index (χ1n) is 8.71. The van der Waals surface area contributed by atoms with E-state index in [2.05, 4.69) is 24.3 Å². The third-order valence-corrected chi connectivity index (χ3v) is 7.56. The molecular formula is C20H23NO2S. The van der Waals surface area contributed by atoms with Gasteiger partial charge < -0.3 is 0 Å². The molecule has 1 saturated heterocycles. The lowest BCUT2D eigenvalue weighted by atomic mass is 9.87. The molecule has 0 amide bonds. The van der Waals surface area contributed by atoms with Gasteiger partial charge in [-0.2, -0.15) is 4.31 Å². The largest absolute Gasteiger partial charge is 0.243 e. The summed E-state index contributed by atoms with van der Waals surface area (Å²) in [5.74, 6) is 0.770. The minimum absolute atomic E-state index is 0.154. The molecule has 2 aromatic carbocycles. The highest BCUT2D eigenvalue weighted by Gasteiger charge is 2.49. The molecule has 24 heavy (non-hydrogen) atoms. The van der Waals surface area contributed by atoms with Crippen molar-refractivity contribution in [1.82, 2.24) is 4.31 Å². The molecule has 0 radical (unpaired) electrons. The van der Waals surface area contributed by atoms with Gasteiger partial charge in [0.25, 0.3) is 0 Å². The summed E-state index contributed by atoms with van der Waals surface area (Å²) in [5, 5.41) is 0. The number of benzene rings is 2. The topological polar surface area (TPSA) is 37.4 Å². The van der Waals surface area contributed by atoms with Gasteiger partial charge in [-0.15, -0.1) is 0 Å². The van der Waals surface area contributed by atoms with Crippen molar-refractivity contribution in [3.63, 3.8) is 0 Å². The van der Waals surface area contributed by atoms with E-state index in [-0.39, 0.29) is 6.04 Å². The van der Waals surface area contributed by atoms with Crippen LogP contribution in [0, 0.1) is 12.8 Å². The summed E-state index contributed by atoms with van der Waals surface area (Å²) in [7, 11) is -3.42. The summed E-state index contributed by atoms with van der Waals surface area (Å²) in [6.07, 6.45) is 3.24. The van der Waals surface area contributed by atoms with E-state index < -0.39 is 10.0 Å². The molecule has 1 aliphatic carbocycles. The van der Waals surface area contributed by atoms with Crippen LogP contribution in [0.1, 0.15) is 36.3 Å². The molecule has 2 fully saturated rings. The van der Waals surface area contributed by atoms with Crippen LogP contribution in [-0.4, -0.2) is 25.3 Å². The van der Waals surface area contributed by atoms with Crippen LogP contribution in [0.2, 0.25) is 0 Å². The highest BCUT2D eigenvalue weighted by molar-refractivity contribution is 7.89. The Morgan fingerprint density at radius 2 is 1.67 bits per heavy atom. The Bertz CT molecular complexity index is 814. The molecule has 126 valence electrons. The van der Waals surface area contributed by atoms with Crippen molar-refractivity contribution >= 4 is 10.0 Å². The second-order valence-electron chi connectivity index (χ2n) is 7.07. The standard InChI is InChI=1S/C20H23NO2S/c1-15-10-12-17(13-11-15)24(22,23)21-14-19(16-6-3-2-4-7-16)18-8-5-9-20(18)21/h2-4,6-7,10-13,18-20H,5,8-9,14H2,1H3/t18-,19-,20-/m0/s1. The van der Waals surface area contributed by atoms with E-state index in [0.717, 1.165) is 24.8 Å². The Hall–Kier alpha value is -1.65. The van der Waals surface area contributed by atoms with Gasteiger partial charge >= 0.3 is 0 Å². The minimum atomic E-state index is -3.42. The van der Waals surface area contributed by atoms with E-state index >= 15 is 0 Å². The van der Waals surface area contributed by atoms with Crippen LogP contribution in [0.15, 0.2) is 59.5 Å². The first-order valence-corrected chi connectivity index (χ1v) is 10.1. The highest BCUT2D eigenvalue weighted by Crippen LogP contribution is 2.48. The summed E-state index contributed by atoms with van der Waals surface area (Å²) in [6.45, 7) is 2.58. The fraction of sp³-hybridized carbons (Fsp3) is 0.400. The SMILES string of the molecule is Cc1ccc(S(=O)(=O)N2C[C@@H](c3ccccc3)[C@@H]3CCC[C@@H]32)cc1. The second kappa shape index (κ2) is 6.01. The van der Waals surface area contributed by atoms with E-state index in [4.69, 9.17) is 0 Å². The Kier molecular flexibility index (Phi) is 3.97. The van der Waals surface area contributed by atoms with Gasteiger partial charge in [-0.3, -0.25) is 0 Å². The Labute approximate surface area is 144 Å². The maximum Gasteiger partial charge on any atom is 0.243 e. The second-order valence-corrected chi connectivity index (χ2v) is 8.96. The zero-order valence-corrected chi connectivity index (χ0v) is 14.7. The van der Waals surface area contributed by atoms with E-state index in [9.17, 15) is 8.42 Å². The van der Waals surface area contributed by atoms with Crippen LogP contribution in [0.4, 0.5) is 0 Å². The summed E-state index contributed by atoms with van der Waals surface area (Å²) >= 11 is 0. The van der Waals surface area contributed by atoms with Crippen molar-refractivity contribution in [3.8, 4) is 0 Å². The van der Waals surface area contributed by atoms with Crippen molar-refractivity contribution < 1.29 is 8.42 Å². The molecule has 2 aliphatic rings. The third kappa shape index (κ3) is 2.58. The van der Waals surface area contributed by atoms with E-state index in [1.54, 1.807) is 16.4 Å². The average Bonchev–Trinajstić information content (AvgIpc) is 3.18. The molecule has 0 bridgehead atoms. The van der Waals surface area contributed by atoms with Crippen LogP contribution in [0.25, 0.3) is 0 Å². The lowest BCUT2D eigenvalue weighted by molar-refractivity contribution is 0.366. The summed E-state index contributed by atoms with van der Waals surface area (Å²) in [6, 6.07) is 17.8.